The van der Waals surface area contributed by atoms with Gasteiger partial charge in [-0.3, -0.25) is 4.79 Å². The minimum atomic E-state index is 0.0558. The highest BCUT2D eigenvalue weighted by Gasteiger charge is 2.08. The molecule has 4 heteroatoms. The Hall–Kier alpha value is -1.55. The zero-order chi connectivity index (χ0) is 24.7. The van der Waals surface area contributed by atoms with Crippen molar-refractivity contribution in [3.63, 3.8) is 0 Å². The van der Waals surface area contributed by atoms with Gasteiger partial charge in [0.05, 0.1) is 13.0 Å². The summed E-state index contributed by atoms with van der Waals surface area (Å²) in [6.07, 6.45) is 22.4. The van der Waals surface area contributed by atoms with Crippen LogP contribution in [0.2, 0.25) is 0 Å². The molecule has 4 nitrogen and oxygen atoms in total. The van der Waals surface area contributed by atoms with Crippen LogP contribution >= 0.6 is 0 Å². The van der Waals surface area contributed by atoms with Crippen molar-refractivity contribution in [2.24, 2.45) is 0 Å². The number of likely N-dealkylation sites (N-methyl/N-ethyl adjacent to an activating group) is 1. The van der Waals surface area contributed by atoms with E-state index >= 15 is 0 Å². The minimum absolute atomic E-state index is 0.0558. The molecule has 0 saturated heterocycles. The zero-order valence-corrected chi connectivity index (χ0v) is 22.7. The highest BCUT2D eigenvalue weighted by molar-refractivity contribution is 5.79. The molecular weight excluding hydrogens is 420 g/mol. The number of nitrogens with zero attached hydrogens (tertiary/aromatic N) is 1. The summed E-state index contributed by atoms with van der Waals surface area (Å²) in [7, 11) is 4.02. The summed E-state index contributed by atoms with van der Waals surface area (Å²) in [5.41, 5.74) is 0.973. The molecule has 0 radical (unpaired) electrons. The quantitative estimate of drug-likeness (QED) is 0.166. The van der Waals surface area contributed by atoms with Crippen LogP contribution in [0.1, 0.15) is 115 Å². The maximum atomic E-state index is 12.2. The summed E-state index contributed by atoms with van der Waals surface area (Å²) in [6, 6.07) is 7.93. The summed E-state index contributed by atoms with van der Waals surface area (Å²) in [4.78, 5) is 14.3. The molecule has 0 fully saturated rings. The first-order chi connectivity index (χ1) is 16.6. The van der Waals surface area contributed by atoms with Gasteiger partial charge in [-0.15, -0.1) is 0 Å². The second-order valence-corrected chi connectivity index (χ2v) is 10.1. The lowest BCUT2D eigenvalue weighted by atomic mass is 10.0. The van der Waals surface area contributed by atoms with E-state index in [-0.39, 0.29) is 5.91 Å². The normalized spacial score (nSPS) is 11.2. The van der Waals surface area contributed by atoms with Gasteiger partial charge in [-0.25, -0.2) is 0 Å². The Morgan fingerprint density at radius 1 is 0.765 bits per heavy atom. The number of rotatable bonds is 23. The van der Waals surface area contributed by atoms with Crippen LogP contribution in [0.5, 0.6) is 5.75 Å². The highest BCUT2D eigenvalue weighted by Crippen LogP contribution is 2.19. The molecule has 196 valence electrons. The van der Waals surface area contributed by atoms with E-state index < -0.39 is 0 Å². The number of unbranched alkanes of at least 4 members (excludes halogenated alkanes) is 15. The van der Waals surface area contributed by atoms with Gasteiger partial charge in [-0.2, -0.15) is 0 Å². The number of ether oxygens (including phenoxy) is 1. The lowest BCUT2D eigenvalue weighted by molar-refractivity contribution is -0.120. The number of benzene rings is 1. The van der Waals surface area contributed by atoms with Crippen molar-refractivity contribution in [2.75, 3.05) is 33.8 Å². The predicted octanol–water partition coefficient (Wildman–Crippen LogP) is 7.55. The summed E-state index contributed by atoms with van der Waals surface area (Å²) in [6.45, 7) is 4.55. The molecular formula is C30H54N2O2. The molecule has 0 saturated carbocycles. The van der Waals surface area contributed by atoms with E-state index in [0.717, 1.165) is 30.9 Å². The first kappa shape index (κ1) is 30.5. The van der Waals surface area contributed by atoms with Crippen LogP contribution in [-0.4, -0.2) is 44.6 Å². The maximum Gasteiger partial charge on any atom is 0.224 e. The van der Waals surface area contributed by atoms with Gasteiger partial charge in [0, 0.05) is 18.7 Å². The monoisotopic (exact) mass is 474 g/mol. The lowest BCUT2D eigenvalue weighted by Gasteiger charge is -2.13. The third kappa shape index (κ3) is 17.9. The summed E-state index contributed by atoms with van der Waals surface area (Å²) in [5.74, 6) is 0.909. The Kier molecular flexibility index (Phi) is 19.7. The molecule has 0 aliphatic carbocycles. The molecule has 1 aromatic rings. The van der Waals surface area contributed by atoms with Gasteiger partial charge in [-0.1, -0.05) is 121 Å². The molecule has 0 atom stereocenters. The molecule has 0 spiro atoms. The number of para-hydroxylation sites is 1. The lowest BCUT2D eigenvalue weighted by Crippen LogP contribution is -2.32. The topological polar surface area (TPSA) is 41.6 Å². The second kappa shape index (κ2) is 21.9. The van der Waals surface area contributed by atoms with Crippen molar-refractivity contribution in [1.29, 1.82) is 0 Å². The Labute approximate surface area is 211 Å². The molecule has 0 aliphatic heterocycles. The Morgan fingerprint density at radius 3 is 1.79 bits per heavy atom. The van der Waals surface area contributed by atoms with Crippen LogP contribution in [0.25, 0.3) is 0 Å². The molecule has 1 rings (SSSR count). The molecule has 0 aliphatic rings. The third-order valence-electron chi connectivity index (χ3n) is 6.46. The number of hydrogen-bond acceptors (Lipinski definition) is 3. The van der Waals surface area contributed by atoms with Crippen LogP contribution < -0.4 is 10.1 Å². The number of carbonyl (C=O) groups excluding carboxylic acids is 1. The fraction of sp³-hybridized carbons (Fsp3) is 0.767. The van der Waals surface area contributed by atoms with E-state index in [0.29, 0.717) is 13.0 Å². The first-order valence-corrected chi connectivity index (χ1v) is 14.3. The smallest absolute Gasteiger partial charge is 0.224 e. The minimum Gasteiger partial charge on any atom is -0.493 e. The van der Waals surface area contributed by atoms with Crippen LogP contribution in [0, 0.1) is 0 Å². The highest BCUT2D eigenvalue weighted by atomic mass is 16.5. The number of hydrogen-bond donors (Lipinski definition) is 1. The molecule has 0 unspecified atom stereocenters. The largest absolute Gasteiger partial charge is 0.493 e. The van der Waals surface area contributed by atoms with E-state index in [9.17, 15) is 4.79 Å². The van der Waals surface area contributed by atoms with Gasteiger partial charge in [0.2, 0.25) is 5.91 Å². The van der Waals surface area contributed by atoms with E-state index in [1.54, 1.807) is 0 Å². The molecule has 1 amide bonds. The van der Waals surface area contributed by atoms with Crippen LogP contribution in [0.4, 0.5) is 0 Å². The number of amides is 1. The van der Waals surface area contributed by atoms with E-state index in [2.05, 4.69) is 17.1 Å². The van der Waals surface area contributed by atoms with Crippen LogP contribution in [0.15, 0.2) is 24.3 Å². The second-order valence-electron chi connectivity index (χ2n) is 10.1. The molecule has 0 bridgehead atoms. The summed E-state index contributed by atoms with van der Waals surface area (Å²) >= 11 is 0. The average Bonchev–Trinajstić information content (AvgIpc) is 2.82. The molecule has 0 heterocycles. The molecule has 1 N–H and O–H groups in total. The van der Waals surface area contributed by atoms with Gasteiger partial charge >= 0.3 is 0 Å². The van der Waals surface area contributed by atoms with E-state index in [4.69, 9.17) is 4.74 Å². The fourth-order valence-electron chi connectivity index (χ4n) is 4.28. The van der Waals surface area contributed by atoms with Crippen molar-refractivity contribution < 1.29 is 9.53 Å². The van der Waals surface area contributed by atoms with Crippen LogP contribution in [-0.2, 0) is 11.2 Å². The Balaban J connectivity index is 1.97. The fourth-order valence-corrected chi connectivity index (χ4v) is 4.28. The van der Waals surface area contributed by atoms with Crippen molar-refractivity contribution in [2.45, 2.75) is 116 Å². The predicted molar refractivity (Wildman–Crippen MR) is 147 cm³/mol. The Bertz CT molecular complexity index is 603. The van der Waals surface area contributed by atoms with E-state index in [1.165, 1.54) is 96.3 Å². The van der Waals surface area contributed by atoms with Crippen molar-refractivity contribution in [1.82, 2.24) is 10.2 Å². The van der Waals surface area contributed by atoms with Gasteiger partial charge in [0.15, 0.2) is 0 Å². The van der Waals surface area contributed by atoms with Gasteiger partial charge in [0.25, 0.3) is 0 Å². The van der Waals surface area contributed by atoms with Crippen molar-refractivity contribution >= 4 is 5.91 Å². The average molecular weight is 475 g/mol. The van der Waals surface area contributed by atoms with Gasteiger partial charge in [-0.05, 0) is 26.6 Å². The van der Waals surface area contributed by atoms with Gasteiger partial charge < -0.3 is 15.0 Å². The van der Waals surface area contributed by atoms with Crippen molar-refractivity contribution in [3.8, 4) is 5.75 Å². The number of nitrogens with one attached hydrogen (secondary N) is 1. The van der Waals surface area contributed by atoms with E-state index in [1.807, 2.05) is 38.4 Å². The molecule has 1 aromatic carbocycles. The maximum absolute atomic E-state index is 12.2. The summed E-state index contributed by atoms with van der Waals surface area (Å²) < 4.78 is 6.01. The first-order valence-electron chi connectivity index (χ1n) is 14.3. The third-order valence-corrected chi connectivity index (χ3v) is 6.46. The van der Waals surface area contributed by atoms with Crippen molar-refractivity contribution in [3.05, 3.63) is 29.8 Å². The van der Waals surface area contributed by atoms with Gasteiger partial charge in [0.1, 0.15) is 5.75 Å². The zero-order valence-electron chi connectivity index (χ0n) is 22.7. The number of carbonyl (C=O) groups is 1. The Morgan fingerprint density at radius 2 is 1.26 bits per heavy atom. The summed E-state index contributed by atoms with van der Waals surface area (Å²) in [5, 5.41) is 2.98. The SMILES string of the molecule is CCCCCCCCCCCCCCCCCCOc1ccccc1CC(=O)NCCN(C)C. The molecule has 0 aromatic heterocycles. The standard InChI is InChI=1S/C30H54N2O2/c1-4-5-6-7-8-9-10-11-12-13-14-15-16-17-18-21-26-34-29-23-20-19-22-28(29)27-30(33)31-24-25-32(2)3/h19-20,22-23H,4-18,21,24-27H2,1-3H3,(H,31,33). The van der Waals surface area contributed by atoms with Crippen LogP contribution in [0.3, 0.4) is 0 Å². The molecule has 34 heavy (non-hydrogen) atoms.